The van der Waals surface area contributed by atoms with Gasteiger partial charge >= 0.3 is 11.6 Å². The van der Waals surface area contributed by atoms with Crippen LogP contribution < -0.4 is 0 Å². The molecule has 182 valence electrons. The van der Waals surface area contributed by atoms with Crippen molar-refractivity contribution in [3.8, 4) is 0 Å². The number of aromatic nitrogens is 2. The van der Waals surface area contributed by atoms with Gasteiger partial charge < -0.3 is 50.1 Å². The van der Waals surface area contributed by atoms with Gasteiger partial charge in [-0.05, 0) is 38.5 Å². The van der Waals surface area contributed by atoms with Crippen LogP contribution in [0, 0.1) is 23.8 Å². The summed E-state index contributed by atoms with van der Waals surface area (Å²) in [7, 11) is 0. The van der Waals surface area contributed by atoms with E-state index in [1.807, 2.05) is 22.6 Å². The van der Waals surface area contributed by atoms with Gasteiger partial charge in [0.25, 0.3) is 0 Å². The molecule has 0 saturated carbocycles. The van der Waals surface area contributed by atoms with Crippen LogP contribution in [-0.4, -0.2) is 77.0 Å². The third-order valence-corrected chi connectivity index (χ3v) is 5.90. The molecule has 6 atom stereocenters. The molecule has 14 nitrogen and oxygen atoms in total. The van der Waals surface area contributed by atoms with Crippen LogP contribution in [0.5, 0.6) is 0 Å². The Balaban J connectivity index is 0.000000186. The van der Waals surface area contributed by atoms with Crippen LogP contribution in [0.4, 0.5) is 11.6 Å². The second kappa shape index (κ2) is 10.9. The normalized spacial score (nSPS) is 29.0. The van der Waals surface area contributed by atoms with Gasteiger partial charge in [-0.15, -0.1) is 0 Å². The molecule has 2 aromatic rings. The molecule has 0 amide bonds. The van der Waals surface area contributed by atoms with Gasteiger partial charge in [0.2, 0.25) is 12.5 Å². The molecule has 2 aliphatic heterocycles. The highest BCUT2D eigenvalue weighted by Gasteiger charge is 2.39. The van der Waals surface area contributed by atoms with Gasteiger partial charge in [-0.2, -0.15) is 0 Å². The van der Waals surface area contributed by atoms with E-state index in [0.717, 1.165) is 3.57 Å². The quantitative estimate of drug-likeness (QED) is 0.214. The summed E-state index contributed by atoms with van der Waals surface area (Å²) in [6.07, 6.45) is -0.565. The number of aliphatic hydroxyl groups is 4. The molecule has 2 saturated heterocycles. The second-order valence-electron chi connectivity index (χ2n) is 7.44. The summed E-state index contributed by atoms with van der Waals surface area (Å²) in [5.74, 6) is -0.166. The highest BCUT2D eigenvalue weighted by atomic mass is 127. The third kappa shape index (κ3) is 5.68. The Bertz CT molecular complexity index is 981. The van der Waals surface area contributed by atoms with Crippen molar-refractivity contribution in [1.82, 2.24) is 9.13 Å². The van der Waals surface area contributed by atoms with Gasteiger partial charge in [0.05, 0.1) is 35.2 Å². The maximum atomic E-state index is 10.8. The highest BCUT2D eigenvalue weighted by molar-refractivity contribution is 14.1. The largest absolute Gasteiger partial charge is 0.394 e. The lowest BCUT2D eigenvalue weighted by molar-refractivity contribution is -0.393. The van der Waals surface area contributed by atoms with Crippen LogP contribution in [-0.2, 0) is 9.47 Å². The second-order valence-corrected chi connectivity index (χ2v) is 8.69. The molecule has 4 heterocycles. The standard InChI is InChI=1S/C9H11IN2O5.C9H12N2O5/c10-5-1-8(12(15)16)11(3-5)9-2-6(14)7(4-13)17-9;12-5-7-6(13)4-9(16-7)10-3-1-2-8(10)11(14)15/h1,3,6-7,9,13-14H,2,4H2;1-3,6-7,9,12-13H,4-5H2/t2*6-,7+,9+/m00/s1. The molecule has 0 aliphatic carbocycles. The fraction of sp³-hybridized carbons (Fsp3) is 0.556. The molecular weight excluding hydrogens is 559 g/mol. The third-order valence-electron chi connectivity index (χ3n) is 5.31. The fourth-order valence-corrected chi connectivity index (χ4v) is 4.27. The molecule has 15 heteroatoms. The molecule has 2 fully saturated rings. The van der Waals surface area contributed by atoms with Crippen molar-refractivity contribution in [2.45, 2.75) is 49.7 Å². The maximum absolute atomic E-state index is 10.8. The Hall–Kier alpha value is -2.15. The average Bonchev–Trinajstić information content (AvgIpc) is 3.53. The van der Waals surface area contributed by atoms with Gasteiger partial charge in [0.1, 0.15) is 18.4 Å². The predicted octanol–water partition coefficient (Wildman–Crippen LogP) is 0.679. The van der Waals surface area contributed by atoms with Crippen molar-refractivity contribution in [2.75, 3.05) is 13.2 Å². The van der Waals surface area contributed by atoms with Gasteiger partial charge in [0.15, 0.2) is 0 Å². The summed E-state index contributed by atoms with van der Waals surface area (Å²) < 4.78 is 14.1. The Morgan fingerprint density at radius 3 is 1.94 bits per heavy atom. The number of nitro groups is 2. The first kappa shape index (κ1) is 25.5. The predicted molar refractivity (Wildman–Crippen MR) is 118 cm³/mol. The number of nitrogens with zero attached hydrogens (tertiary/aromatic N) is 4. The number of hydrogen-bond acceptors (Lipinski definition) is 10. The van der Waals surface area contributed by atoms with Crippen LogP contribution in [0.1, 0.15) is 25.3 Å². The van der Waals surface area contributed by atoms with Gasteiger partial charge in [0, 0.05) is 25.0 Å². The molecule has 33 heavy (non-hydrogen) atoms. The Morgan fingerprint density at radius 1 is 0.970 bits per heavy atom. The van der Waals surface area contributed by atoms with Crippen molar-refractivity contribution in [1.29, 1.82) is 0 Å². The van der Waals surface area contributed by atoms with E-state index in [2.05, 4.69) is 0 Å². The van der Waals surface area contributed by atoms with Gasteiger partial charge in [-0.25, -0.2) is 9.13 Å². The van der Waals surface area contributed by atoms with Crippen LogP contribution in [0.25, 0.3) is 0 Å². The van der Waals surface area contributed by atoms with E-state index < -0.39 is 46.7 Å². The van der Waals surface area contributed by atoms with Crippen LogP contribution >= 0.6 is 22.6 Å². The molecule has 0 spiro atoms. The first-order valence-corrected chi connectivity index (χ1v) is 11.0. The number of ether oxygens (including phenoxy) is 2. The molecular formula is C18H23IN4O10. The molecule has 2 aliphatic rings. The van der Waals surface area contributed by atoms with Crippen molar-refractivity contribution in [3.05, 3.63) is 54.4 Å². The smallest absolute Gasteiger partial charge is 0.326 e. The highest BCUT2D eigenvalue weighted by Crippen LogP contribution is 2.34. The average molecular weight is 582 g/mol. The summed E-state index contributed by atoms with van der Waals surface area (Å²) in [4.78, 5) is 20.5. The van der Waals surface area contributed by atoms with E-state index in [0.29, 0.717) is 0 Å². The van der Waals surface area contributed by atoms with E-state index >= 15 is 0 Å². The van der Waals surface area contributed by atoms with Gasteiger partial charge in [-0.1, -0.05) is 0 Å². The van der Waals surface area contributed by atoms with E-state index in [1.165, 1.54) is 27.5 Å². The Kier molecular flexibility index (Phi) is 8.38. The number of rotatable bonds is 6. The Morgan fingerprint density at radius 2 is 1.48 bits per heavy atom. The molecule has 0 unspecified atom stereocenters. The lowest BCUT2D eigenvalue weighted by Crippen LogP contribution is -2.24. The van der Waals surface area contributed by atoms with E-state index in [-0.39, 0.29) is 37.7 Å². The minimum absolute atomic E-state index is 0.0785. The minimum atomic E-state index is -0.801. The van der Waals surface area contributed by atoms with E-state index in [1.54, 1.807) is 12.3 Å². The molecule has 0 radical (unpaired) electrons. The Labute approximate surface area is 200 Å². The molecule has 0 bridgehead atoms. The first-order valence-electron chi connectivity index (χ1n) is 9.88. The zero-order valence-corrected chi connectivity index (χ0v) is 19.2. The van der Waals surface area contributed by atoms with E-state index in [9.17, 15) is 30.4 Å². The fourth-order valence-electron chi connectivity index (χ4n) is 3.70. The number of halogens is 1. The van der Waals surface area contributed by atoms with Crippen LogP contribution in [0.3, 0.4) is 0 Å². The number of hydrogen-bond donors (Lipinski definition) is 4. The summed E-state index contributed by atoms with van der Waals surface area (Å²) in [5, 5.41) is 58.5. The van der Waals surface area contributed by atoms with Crippen molar-refractivity contribution < 1.29 is 39.7 Å². The maximum Gasteiger partial charge on any atom is 0.326 e. The minimum Gasteiger partial charge on any atom is -0.394 e. The zero-order chi connectivity index (χ0) is 24.3. The lowest BCUT2D eigenvalue weighted by Gasteiger charge is -2.10. The topological polar surface area (TPSA) is 196 Å². The molecule has 2 aromatic heterocycles. The molecule has 4 rings (SSSR count). The van der Waals surface area contributed by atoms with Crippen LogP contribution in [0.2, 0.25) is 0 Å². The first-order chi connectivity index (χ1) is 15.7. The van der Waals surface area contributed by atoms with Crippen molar-refractivity contribution in [3.63, 3.8) is 0 Å². The summed E-state index contributed by atoms with van der Waals surface area (Å²) in [6.45, 7) is -0.601. The van der Waals surface area contributed by atoms with Crippen LogP contribution in [0.15, 0.2) is 30.6 Å². The summed E-state index contributed by atoms with van der Waals surface area (Å²) in [6, 6.07) is 4.34. The molecule has 4 N–H and O–H groups in total. The van der Waals surface area contributed by atoms with E-state index in [4.69, 9.17) is 19.7 Å². The zero-order valence-electron chi connectivity index (χ0n) is 17.1. The van der Waals surface area contributed by atoms with Gasteiger partial charge in [-0.3, -0.25) is 0 Å². The molecule has 0 aromatic carbocycles. The lowest BCUT2D eigenvalue weighted by atomic mass is 10.2. The van der Waals surface area contributed by atoms with Crippen molar-refractivity contribution in [2.24, 2.45) is 0 Å². The summed E-state index contributed by atoms with van der Waals surface area (Å²) >= 11 is 1.97. The monoisotopic (exact) mass is 582 g/mol. The SMILES string of the molecule is O=[N+]([O-])c1cc(I)cn1[C@H]1C[C@H](O)[C@@H](CO)O1.O=[N+]([O-])c1cccn1[C@H]1C[C@H](O)[C@@H](CO)O1. The van der Waals surface area contributed by atoms with Crippen molar-refractivity contribution >= 4 is 34.2 Å². The number of aliphatic hydroxyl groups excluding tert-OH is 4. The summed E-state index contributed by atoms with van der Waals surface area (Å²) in [5.41, 5.74) is 0.